The summed E-state index contributed by atoms with van der Waals surface area (Å²) in [6.45, 7) is 1.16. The Morgan fingerprint density at radius 3 is 2.56 bits per heavy atom. The van der Waals surface area contributed by atoms with E-state index in [1.165, 1.54) is 6.07 Å². The van der Waals surface area contributed by atoms with E-state index in [-0.39, 0.29) is 34.4 Å². The quantitative estimate of drug-likeness (QED) is 0.387. The number of fused-ring (bicyclic) bond motifs is 2. The number of para-hydroxylation sites is 1. The fourth-order valence-electron chi connectivity index (χ4n) is 6.59. The van der Waals surface area contributed by atoms with Gasteiger partial charge in [0.1, 0.15) is 16.9 Å². The second-order valence-corrected chi connectivity index (χ2v) is 11.9. The molecule has 3 amide bonds. The monoisotopic (exact) mass is 608 g/mol. The van der Waals surface area contributed by atoms with Crippen LogP contribution in [0.15, 0.2) is 60.8 Å². The molecule has 0 atom stereocenters. The second kappa shape index (κ2) is 11.6. The van der Waals surface area contributed by atoms with Crippen LogP contribution in [-0.2, 0) is 10.2 Å². The molecule has 6 rings (SSSR count). The van der Waals surface area contributed by atoms with Crippen LogP contribution in [0.2, 0.25) is 5.02 Å². The van der Waals surface area contributed by atoms with Crippen LogP contribution in [0, 0.1) is 5.92 Å². The van der Waals surface area contributed by atoms with E-state index in [1.807, 2.05) is 29.2 Å². The van der Waals surface area contributed by atoms with Crippen molar-refractivity contribution in [3.8, 4) is 5.75 Å². The molecule has 2 fully saturated rings. The van der Waals surface area contributed by atoms with E-state index in [1.54, 1.807) is 36.3 Å². The highest BCUT2D eigenvalue weighted by atomic mass is 35.5. The molecule has 1 saturated heterocycles. The summed E-state index contributed by atoms with van der Waals surface area (Å²) in [5.74, 6) is 0.0645. The van der Waals surface area contributed by atoms with Crippen LogP contribution in [0.3, 0.4) is 0 Å². The predicted octanol–water partition coefficient (Wildman–Crippen LogP) is 5.41. The fraction of sp³-hybridized carbons (Fsp3) is 0.375. The molecule has 1 aromatic heterocycles. The number of carbonyl (C=O) groups excluding carboxylic acids is 3. The fourth-order valence-corrected chi connectivity index (χ4v) is 6.75. The van der Waals surface area contributed by atoms with E-state index >= 15 is 0 Å². The Balaban J connectivity index is 1.09. The Bertz CT molecular complexity index is 1570. The molecule has 0 radical (unpaired) electrons. The number of benzene rings is 2. The standard InChI is InChI=1S/C32H31ClF2N4O4/c1-43-23-6-4-5-20(13-23)30(41)38-17-32(18-38)25-7-2-3-8-26(25)39(31(32)42)16-19-9-11-22(12-10-19)37-29(40)24-14-21(33)15-36-27(24)28(34)35/h2-8,13-15,19,22,28H,9-12,16-18H2,1H3,(H,37,40). The van der Waals surface area contributed by atoms with Gasteiger partial charge in [-0.2, -0.15) is 0 Å². The van der Waals surface area contributed by atoms with Gasteiger partial charge >= 0.3 is 0 Å². The summed E-state index contributed by atoms with van der Waals surface area (Å²) in [6, 6.07) is 15.8. The molecule has 43 heavy (non-hydrogen) atoms. The lowest BCUT2D eigenvalue weighted by molar-refractivity contribution is -0.128. The van der Waals surface area contributed by atoms with Gasteiger partial charge in [0, 0.05) is 43.1 Å². The Hall–Kier alpha value is -4.05. The number of hydrogen-bond donors (Lipinski definition) is 1. The highest BCUT2D eigenvalue weighted by molar-refractivity contribution is 6.30. The van der Waals surface area contributed by atoms with Gasteiger partial charge in [0.2, 0.25) is 5.91 Å². The van der Waals surface area contributed by atoms with Crippen molar-refractivity contribution in [2.24, 2.45) is 5.92 Å². The van der Waals surface area contributed by atoms with Crippen molar-refractivity contribution in [3.63, 3.8) is 0 Å². The number of likely N-dealkylation sites (tertiary alicyclic amines) is 1. The molecule has 0 unspecified atom stereocenters. The highest BCUT2D eigenvalue weighted by Gasteiger charge is 2.59. The lowest BCUT2D eigenvalue weighted by atomic mass is 9.74. The molecule has 3 heterocycles. The number of hydrogen-bond acceptors (Lipinski definition) is 5. The molecule has 224 valence electrons. The van der Waals surface area contributed by atoms with E-state index in [9.17, 15) is 23.2 Å². The van der Waals surface area contributed by atoms with Crippen LogP contribution >= 0.6 is 11.6 Å². The van der Waals surface area contributed by atoms with Gasteiger partial charge in [0.05, 0.1) is 17.7 Å². The Kier molecular flexibility index (Phi) is 7.81. The first-order valence-corrected chi connectivity index (χ1v) is 14.7. The van der Waals surface area contributed by atoms with Crippen LogP contribution in [0.1, 0.15) is 64.1 Å². The summed E-state index contributed by atoms with van der Waals surface area (Å²) in [6.07, 6.45) is 1.06. The number of carbonyl (C=O) groups is 3. The lowest BCUT2D eigenvalue weighted by Crippen LogP contribution is -2.65. The summed E-state index contributed by atoms with van der Waals surface area (Å²) in [4.78, 5) is 47.2. The predicted molar refractivity (Wildman–Crippen MR) is 157 cm³/mol. The number of nitrogens with one attached hydrogen (secondary N) is 1. The minimum atomic E-state index is -2.89. The molecule has 2 aliphatic heterocycles. The minimum absolute atomic E-state index is 0.00630. The number of rotatable bonds is 7. The number of amides is 3. The van der Waals surface area contributed by atoms with E-state index in [2.05, 4.69) is 10.3 Å². The summed E-state index contributed by atoms with van der Waals surface area (Å²) in [7, 11) is 1.55. The van der Waals surface area contributed by atoms with Gasteiger partial charge in [0.25, 0.3) is 18.2 Å². The smallest absolute Gasteiger partial charge is 0.281 e. The van der Waals surface area contributed by atoms with Crippen molar-refractivity contribution in [1.82, 2.24) is 15.2 Å². The van der Waals surface area contributed by atoms with Gasteiger partial charge in [-0.25, -0.2) is 8.78 Å². The Morgan fingerprint density at radius 2 is 1.84 bits per heavy atom. The number of nitrogens with zero attached hydrogens (tertiary/aromatic N) is 3. The number of anilines is 1. The zero-order valence-electron chi connectivity index (χ0n) is 23.6. The summed E-state index contributed by atoms with van der Waals surface area (Å²) >= 11 is 5.91. The highest BCUT2D eigenvalue weighted by Crippen LogP contribution is 2.48. The van der Waals surface area contributed by atoms with Crippen LogP contribution in [0.25, 0.3) is 0 Å². The SMILES string of the molecule is COc1cccc(C(=O)N2CC3(C2)C(=O)N(CC2CCC(NC(=O)c4cc(Cl)cnc4C(F)F)CC2)c2ccccc23)c1. The molecule has 1 aliphatic carbocycles. The summed E-state index contributed by atoms with van der Waals surface area (Å²) in [5.41, 5.74) is 0.781. The molecular weight excluding hydrogens is 578 g/mol. The van der Waals surface area contributed by atoms with Gasteiger partial charge in [-0.3, -0.25) is 19.4 Å². The largest absolute Gasteiger partial charge is 0.497 e. The maximum atomic E-state index is 14.0. The van der Waals surface area contributed by atoms with Crippen LogP contribution < -0.4 is 15.0 Å². The van der Waals surface area contributed by atoms with Crippen molar-refractivity contribution in [3.05, 3.63) is 88.2 Å². The molecule has 0 bridgehead atoms. The molecule has 8 nitrogen and oxygen atoms in total. The number of methoxy groups -OCH3 is 1. The number of alkyl halides is 2. The van der Waals surface area contributed by atoms with Gasteiger partial charge in [-0.05, 0) is 67.5 Å². The number of ether oxygens (including phenoxy) is 1. The molecule has 11 heteroatoms. The van der Waals surface area contributed by atoms with Crippen molar-refractivity contribution in [1.29, 1.82) is 0 Å². The first kappa shape index (κ1) is 29.0. The van der Waals surface area contributed by atoms with Crippen molar-refractivity contribution < 1.29 is 27.9 Å². The lowest BCUT2D eigenvalue weighted by Gasteiger charge is -2.47. The zero-order chi connectivity index (χ0) is 30.3. The Labute approximate surface area is 253 Å². The van der Waals surface area contributed by atoms with Gasteiger partial charge in [-0.15, -0.1) is 0 Å². The van der Waals surface area contributed by atoms with Gasteiger partial charge < -0.3 is 19.9 Å². The molecule has 1 N–H and O–H groups in total. The molecule has 2 aromatic carbocycles. The van der Waals surface area contributed by atoms with Crippen LogP contribution in [0.5, 0.6) is 5.75 Å². The van der Waals surface area contributed by atoms with Gasteiger partial charge in [-0.1, -0.05) is 35.9 Å². The maximum Gasteiger partial charge on any atom is 0.281 e. The minimum Gasteiger partial charge on any atom is -0.497 e. The molecule has 1 spiro atoms. The summed E-state index contributed by atoms with van der Waals surface area (Å²) in [5, 5.41) is 2.98. The van der Waals surface area contributed by atoms with E-state index in [0.717, 1.165) is 30.3 Å². The van der Waals surface area contributed by atoms with Crippen molar-refractivity contribution in [2.45, 2.75) is 43.6 Å². The number of pyridine rings is 1. The molecule has 3 aliphatic rings. The molecule has 3 aromatic rings. The number of halogens is 3. The summed E-state index contributed by atoms with van der Waals surface area (Å²) < 4.78 is 32.0. The van der Waals surface area contributed by atoms with Gasteiger partial charge in [0.15, 0.2) is 0 Å². The third kappa shape index (κ3) is 5.33. The van der Waals surface area contributed by atoms with E-state index in [4.69, 9.17) is 16.3 Å². The van der Waals surface area contributed by atoms with Crippen molar-refractivity contribution in [2.75, 3.05) is 31.6 Å². The first-order valence-electron chi connectivity index (χ1n) is 14.3. The first-order chi connectivity index (χ1) is 20.7. The third-order valence-electron chi connectivity index (χ3n) is 8.85. The molecular formula is C32H31ClF2N4O4. The third-order valence-corrected chi connectivity index (χ3v) is 9.06. The normalized spacial score (nSPS) is 20.6. The van der Waals surface area contributed by atoms with Crippen molar-refractivity contribution >= 4 is 35.0 Å². The molecule has 1 saturated carbocycles. The average Bonchev–Trinajstić information content (AvgIpc) is 3.24. The maximum absolute atomic E-state index is 14.0. The zero-order valence-corrected chi connectivity index (χ0v) is 24.3. The average molecular weight is 609 g/mol. The number of aromatic nitrogens is 1. The second-order valence-electron chi connectivity index (χ2n) is 11.5. The van der Waals surface area contributed by atoms with E-state index in [0.29, 0.717) is 43.8 Å². The topological polar surface area (TPSA) is 91.8 Å². The Morgan fingerprint density at radius 1 is 1.09 bits per heavy atom. The van der Waals surface area contributed by atoms with Crippen LogP contribution in [0.4, 0.5) is 14.5 Å². The van der Waals surface area contributed by atoms with E-state index < -0.39 is 23.4 Å². The van der Waals surface area contributed by atoms with Crippen LogP contribution in [-0.4, -0.2) is 60.4 Å².